The highest BCUT2D eigenvalue weighted by Crippen LogP contribution is 2.14. The molecule has 0 saturated carbocycles. The van der Waals surface area contributed by atoms with E-state index in [1.807, 2.05) is 4.90 Å². The number of nitrogens with zero attached hydrogens (tertiary/aromatic N) is 1. The third-order valence-electron chi connectivity index (χ3n) is 3.09. The first-order valence-corrected chi connectivity index (χ1v) is 6.00. The van der Waals surface area contributed by atoms with Crippen molar-refractivity contribution in [1.82, 2.24) is 15.2 Å². The van der Waals surface area contributed by atoms with Crippen molar-refractivity contribution in [3.63, 3.8) is 0 Å². The lowest BCUT2D eigenvalue weighted by molar-refractivity contribution is -0.121. The minimum atomic E-state index is -0.414. The molecule has 0 spiro atoms. The summed E-state index contributed by atoms with van der Waals surface area (Å²) in [6.07, 6.45) is 2.53. The van der Waals surface area contributed by atoms with Gasteiger partial charge in [0.1, 0.15) is 5.69 Å². The zero-order valence-electron chi connectivity index (χ0n) is 10.1. The SMILES string of the molecule is O=C(CN1CCC(CO)C1)NC(=O)c1ccc[nH]1. The normalized spacial score (nSPS) is 19.9. The molecule has 3 N–H and O–H groups in total. The van der Waals surface area contributed by atoms with E-state index in [0.717, 1.165) is 13.0 Å². The Labute approximate surface area is 105 Å². The van der Waals surface area contributed by atoms with Crippen molar-refractivity contribution in [1.29, 1.82) is 0 Å². The number of carbonyl (C=O) groups is 2. The maximum Gasteiger partial charge on any atom is 0.274 e. The molecule has 1 aliphatic rings. The van der Waals surface area contributed by atoms with Gasteiger partial charge in [0.15, 0.2) is 0 Å². The zero-order valence-corrected chi connectivity index (χ0v) is 10.1. The molecule has 2 heterocycles. The topological polar surface area (TPSA) is 85.4 Å². The number of aromatic nitrogens is 1. The predicted octanol–water partition coefficient (Wildman–Crippen LogP) is -0.415. The largest absolute Gasteiger partial charge is 0.396 e. The molecule has 2 amide bonds. The Morgan fingerprint density at radius 2 is 2.39 bits per heavy atom. The van der Waals surface area contributed by atoms with Crippen LogP contribution in [0.25, 0.3) is 0 Å². The molecule has 98 valence electrons. The molecule has 1 aromatic heterocycles. The van der Waals surface area contributed by atoms with Gasteiger partial charge in [0.05, 0.1) is 6.54 Å². The quantitative estimate of drug-likeness (QED) is 0.679. The van der Waals surface area contributed by atoms with Crippen molar-refractivity contribution >= 4 is 11.8 Å². The fraction of sp³-hybridized carbons (Fsp3) is 0.500. The second-order valence-electron chi connectivity index (χ2n) is 4.53. The van der Waals surface area contributed by atoms with Gasteiger partial charge in [-0.3, -0.25) is 19.8 Å². The molecule has 1 unspecified atom stereocenters. The molecular weight excluding hydrogens is 234 g/mol. The number of rotatable bonds is 4. The summed E-state index contributed by atoms with van der Waals surface area (Å²) in [5.74, 6) is -0.479. The van der Waals surface area contributed by atoms with Crippen molar-refractivity contribution < 1.29 is 14.7 Å². The highest BCUT2D eigenvalue weighted by Gasteiger charge is 2.23. The lowest BCUT2D eigenvalue weighted by atomic mass is 10.1. The average molecular weight is 251 g/mol. The fourth-order valence-corrected chi connectivity index (χ4v) is 2.11. The third kappa shape index (κ3) is 3.18. The third-order valence-corrected chi connectivity index (χ3v) is 3.09. The summed E-state index contributed by atoms with van der Waals surface area (Å²) in [4.78, 5) is 27.9. The second kappa shape index (κ2) is 5.79. The molecule has 6 heteroatoms. The van der Waals surface area contributed by atoms with Crippen LogP contribution < -0.4 is 5.32 Å². The minimum Gasteiger partial charge on any atom is -0.396 e. The van der Waals surface area contributed by atoms with Crippen LogP contribution in [0.15, 0.2) is 18.3 Å². The maximum absolute atomic E-state index is 11.6. The van der Waals surface area contributed by atoms with Gasteiger partial charge in [-0.1, -0.05) is 0 Å². The number of hydrogen-bond donors (Lipinski definition) is 3. The van der Waals surface area contributed by atoms with Crippen LogP contribution in [0.4, 0.5) is 0 Å². The van der Waals surface area contributed by atoms with Crippen LogP contribution in [0.5, 0.6) is 0 Å². The fourth-order valence-electron chi connectivity index (χ4n) is 2.11. The number of hydrogen-bond acceptors (Lipinski definition) is 4. The van der Waals surface area contributed by atoms with Gasteiger partial charge in [-0.2, -0.15) is 0 Å². The van der Waals surface area contributed by atoms with Gasteiger partial charge in [0.25, 0.3) is 5.91 Å². The number of aliphatic hydroxyl groups excluding tert-OH is 1. The van der Waals surface area contributed by atoms with Crippen LogP contribution in [0.2, 0.25) is 0 Å². The highest BCUT2D eigenvalue weighted by molar-refractivity contribution is 6.04. The Kier molecular flexibility index (Phi) is 4.11. The number of aromatic amines is 1. The highest BCUT2D eigenvalue weighted by atomic mass is 16.3. The van der Waals surface area contributed by atoms with Gasteiger partial charge in [-0.15, -0.1) is 0 Å². The molecule has 1 saturated heterocycles. The predicted molar refractivity (Wildman–Crippen MR) is 64.9 cm³/mol. The van der Waals surface area contributed by atoms with Crippen molar-refractivity contribution in [3.8, 4) is 0 Å². The Balaban J connectivity index is 1.77. The number of imide groups is 1. The Hall–Kier alpha value is -1.66. The summed E-state index contributed by atoms with van der Waals surface area (Å²) in [5.41, 5.74) is 0.373. The van der Waals surface area contributed by atoms with E-state index in [2.05, 4.69) is 10.3 Å². The van der Waals surface area contributed by atoms with Gasteiger partial charge in [-0.25, -0.2) is 0 Å². The molecule has 1 atom stereocenters. The number of aliphatic hydroxyl groups is 1. The summed E-state index contributed by atoms with van der Waals surface area (Å²) in [5, 5.41) is 11.3. The number of amides is 2. The van der Waals surface area contributed by atoms with Gasteiger partial charge >= 0.3 is 0 Å². The van der Waals surface area contributed by atoms with Gasteiger partial charge < -0.3 is 10.1 Å². The summed E-state index contributed by atoms with van der Waals surface area (Å²) in [7, 11) is 0. The monoisotopic (exact) mass is 251 g/mol. The first kappa shape index (κ1) is 12.8. The smallest absolute Gasteiger partial charge is 0.274 e. The molecule has 1 fully saturated rings. The molecular formula is C12H17N3O3. The standard InChI is InChI=1S/C12H17N3O3/c16-8-9-3-5-15(6-9)7-11(17)14-12(18)10-2-1-4-13-10/h1-2,4,9,13,16H,3,5-8H2,(H,14,17,18). The van der Waals surface area contributed by atoms with E-state index in [4.69, 9.17) is 5.11 Å². The van der Waals surface area contributed by atoms with E-state index >= 15 is 0 Å². The summed E-state index contributed by atoms with van der Waals surface area (Å²) >= 11 is 0. The van der Waals surface area contributed by atoms with Gasteiger partial charge in [0, 0.05) is 19.3 Å². The van der Waals surface area contributed by atoms with E-state index in [0.29, 0.717) is 12.2 Å². The molecule has 0 bridgehead atoms. The molecule has 1 aromatic rings. The van der Waals surface area contributed by atoms with Crippen LogP contribution in [-0.2, 0) is 4.79 Å². The Morgan fingerprint density at radius 3 is 3.00 bits per heavy atom. The minimum absolute atomic E-state index is 0.152. The maximum atomic E-state index is 11.6. The molecule has 0 radical (unpaired) electrons. The first-order valence-electron chi connectivity index (χ1n) is 6.00. The van der Waals surface area contributed by atoms with Crippen LogP contribution in [0.3, 0.4) is 0 Å². The van der Waals surface area contributed by atoms with Crippen molar-refractivity contribution in [2.45, 2.75) is 6.42 Å². The number of carbonyl (C=O) groups excluding carboxylic acids is 2. The van der Waals surface area contributed by atoms with E-state index in [1.165, 1.54) is 0 Å². The van der Waals surface area contributed by atoms with Crippen molar-refractivity contribution in [2.75, 3.05) is 26.2 Å². The van der Waals surface area contributed by atoms with Crippen molar-refractivity contribution in [2.24, 2.45) is 5.92 Å². The molecule has 1 aliphatic heterocycles. The lowest BCUT2D eigenvalue weighted by Crippen LogP contribution is -2.39. The molecule has 18 heavy (non-hydrogen) atoms. The van der Waals surface area contributed by atoms with E-state index in [9.17, 15) is 9.59 Å². The average Bonchev–Trinajstić information content (AvgIpc) is 2.98. The van der Waals surface area contributed by atoms with Crippen LogP contribution in [0, 0.1) is 5.92 Å². The first-order chi connectivity index (χ1) is 8.69. The molecule has 2 rings (SSSR count). The summed E-state index contributed by atoms with van der Waals surface area (Å²) in [6, 6.07) is 3.31. The molecule has 6 nitrogen and oxygen atoms in total. The van der Waals surface area contributed by atoms with E-state index < -0.39 is 5.91 Å². The van der Waals surface area contributed by atoms with Crippen LogP contribution >= 0.6 is 0 Å². The zero-order chi connectivity index (χ0) is 13.0. The summed E-state index contributed by atoms with van der Waals surface area (Å²) in [6.45, 7) is 1.85. The Bertz CT molecular complexity index is 416. The number of nitrogens with one attached hydrogen (secondary N) is 2. The number of H-pyrrole nitrogens is 1. The van der Waals surface area contributed by atoms with Crippen LogP contribution in [0.1, 0.15) is 16.9 Å². The number of likely N-dealkylation sites (tertiary alicyclic amines) is 1. The second-order valence-corrected chi connectivity index (χ2v) is 4.53. The van der Waals surface area contributed by atoms with E-state index in [-0.39, 0.29) is 25.0 Å². The van der Waals surface area contributed by atoms with Crippen molar-refractivity contribution in [3.05, 3.63) is 24.0 Å². The van der Waals surface area contributed by atoms with Crippen LogP contribution in [-0.4, -0.2) is 53.0 Å². The molecule has 0 aromatic carbocycles. The molecule has 0 aliphatic carbocycles. The lowest BCUT2D eigenvalue weighted by Gasteiger charge is -2.14. The van der Waals surface area contributed by atoms with E-state index in [1.54, 1.807) is 18.3 Å². The summed E-state index contributed by atoms with van der Waals surface area (Å²) < 4.78 is 0. The Morgan fingerprint density at radius 1 is 1.56 bits per heavy atom. The van der Waals surface area contributed by atoms with Gasteiger partial charge in [-0.05, 0) is 31.0 Å². The van der Waals surface area contributed by atoms with Gasteiger partial charge in [0.2, 0.25) is 5.91 Å².